The van der Waals surface area contributed by atoms with Gasteiger partial charge in [0.15, 0.2) is 0 Å². The van der Waals surface area contributed by atoms with Gasteiger partial charge in [0.05, 0.1) is 11.8 Å². The average molecular weight is 1870 g/mol. The van der Waals surface area contributed by atoms with Crippen LogP contribution in [-0.2, 0) is 4.74 Å². The first-order valence-corrected chi connectivity index (χ1v) is 54.5. The number of allylic oxidation sites excluding steroid dienone is 1. The zero-order valence-electron chi connectivity index (χ0n) is 97.7. The summed E-state index contributed by atoms with van der Waals surface area (Å²) in [6.45, 7) is 129. The number of hydrogen-bond acceptors (Lipinski definition) is 23. The molecule has 11 heterocycles. The van der Waals surface area contributed by atoms with Crippen molar-refractivity contribution in [2.24, 2.45) is 5.41 Å². The molecule has 0 aliphatic carbocycles. The monoisotopic (exact) mass is 1870 g/mol. The molecule has 0 bridgehead atoms. The fourth-order valence-electron chi connectivity index (χ4n) is 19.4. The third-order valence-electron chi connectivity index (χ3n) is 31.9. The molecule has 12 atom stereocenters. The Morgan fingerprint density at radius 1 is 0.258 bits per heavy atom. The average Bonchev–Trinajstić information content (AvgIpc) is 0.887. The van der Waals surface area contributed by atoms with Crippen molar-refractivity contribution >= 4 is 0 Å². The first-order valence-electron chi connectivity index (χ1n) is 54.5. The van der Waals surface area contributed by atoms with E-state index in [9.17, 15) is 0 Å². The fraction of sp³-hybridized carbons (Fsp3) is 0.982. The molecule has 11 saturated heterocycles. The number of piperazine rings is 10. The molecule has 0 N–H and O–H groups in total. The van der Waals surface area contributed by atoms with Gasteiger partial charge in [0.25, 0.3) is 0 Å². The first kappa shape index (κ1) is 129. The van der Waals surface area contributed by atoms with Crippen LogP contribution in [-0.4, -0.2) is 540 Å². The Hall–Kier alpha value is -1.34. The SMILES string of the molecule is C=C(OCC1CN(C(C)C)CCN1C)C(C)(C)C.CC(C)N1CCCN(C)CC1.CC(C)N1CCN(C)CC1.CC(C)N1CCN(C)C[C@@H]1C.CC(C)N1C[C@@H](C)N(C)[C@@H](C)C1.CC(C)N1C[C@@H](C)N(C)[C@@H](C)C1.CC(C)N1C[C@@H](C)N(C)[C@H](C)C1.CC(C)N1C[C@H](C)N(C)[C@@H](C)C1.CC1CN(C(C)C)CCN1C.CCC1CN(C(C)C)CCN1C.CCN1CCN(C(C)C)CC1. The van der Waals surface area contributed by atoms with Crippen LogP contribution in [0.25, 0.3) is 0 Å². The minimum Gasteiger partial charge on any atom is -0.496 e. The van der Waals surface area contributed by atoms with E-state index in [1.165, 1.54) is 209 Å². The molecule has 0 radical (unpaired) electrons. The predicted octanol–water partition coefficient (Wildman–Crippen LogP) is 14.5. The van der Waals surface area contributed by atoms with Gasteiger partial charge in [-0.15, -0.1) is 0 Å². The van der Waals surface area contributed by atoms with Crippen molar-refractivity contribution in [3.63, 3.8) is 0 Å². The van der Waals surface area contributed by atoms with Gasteiger partial charge >= 0.3 is 0 Å². The Balaban J connectivity index is 0.000000728. The number of nitrogens with zero attached hydrogens (tertiary/aromatic N) is 22. The Morgan fingerprint density at radius 3 is 0.795 bits per heavy atom. The third-order valence-corrected chi connectivity index (χ3v) is 31.9. The van der Waals surface area contributed by atoms with E-state index in [1.807, 2.05) is 0 Å². The van der Waals surface area contributed by atoms with E-state index in [1.54, 1.807) is 0 Å². The highest BCUT2D eigenvalue weighted by molar-refractivity contribution is 4.97. The van der Waals surface area contributed by atoms with Crippen LogP contribution in [0.3, 0.4) is 0 Å². The molecule has 132 heavy (non-hydrogen) atoms. The van der Waals surface area contributed by atoms with Crippen molar-refractivity contribution in [1.82, 2.24) is 108 Å². The molecule has 23 heteroatoms. The Morgan fingerprint density at radius 2 is 0.515 bits per heavy atom. The minimum absolute atomic E-state index is 0.0327. The second kappa shape index (κ2) is 66.5. The molecule has 0 aromatic carbocycles. The maximum Gasteiger partial charge on any atom is 0.104 e. The highest BCUT2D eigenvalue weighted by atomic mass is 16.5. The van der Waals surface area contributed by atoms with Crippen molar-refractivity contribution in [3.8, 4) is 0 Å². The van der Waals surface area contributed by atoms with Gasteiger partial charge in [-0.3, -0.25) is 78.4 Å². The second-order valence-electron chi connectivity index (χ2n) is 47.1. The van der Waals surface area contributed by atoms with Gasteiger partial charge in [-0.05, 0) is 325 Å². The van der Waals surface area contributed by atoms with Gasteiger partial charge in [-0.1, -0.05) is 41.2 Å². The summed E-state index contributed by atoms with van der Waals surface area (Å²) >= 11 is 0. The van der Waals surface area contributed by atoms with Gasteiger partial charge < -0.3 is 34.1 Å². The molecule has 23 nitrogen and oxygen atoms in total. The zero-order chi connectivity index (χ0) is 101. The normalized spacial score (nSPS) is 29.0. The lowest BCUT2D eigenvalue weighted by Gasteiger charge is -2.44. The molecule has 0 spiro atoms. The van der Waals surface area contributed by atoms with Crippen molar-refractivity contribution in [2.45, 2.75) is 408 Å². The van der Waals surface area contributed by atoms with Crippen molar-refractivity contribution in [1.29, 1.82) is 0 Å². The lowest BCUT2D eigenvalue weighted by Crippen LogP contribution is -2.56. The largest absolute Gasteiger partial charge is 0.496 e. The second-order valence-corrected chi connectivity index (χ2v) is 47.1. The molecular formula is C109H238N22O. The number of hydrogen-bond donors (Lipinski definition) is 0. The van der Waals surface area contributed by atoms with Crippen LogP contribution in [0.4, 0.5) is 0 Å². The van der Waals surface area contributed by atoms with Crippen LogP contribution in [0.5, 0.6) is 0 Å². The van der Waals surface area contributed by atoms with Gasteiger partial charge in [0, 0.05) is 335 Å². The maximum atomic E-state index is 5.88. The van der Waals surface area contributed by atoms with Crippen molar-refractivity contribution < 1.29 is 4.74 Å². The van der Waals surface area contributed by atoms with Crippen LogP contribution in [0.1, 0.15) is 269 Å². The van der Waals surface area contributed by atoms with Crippen LogP contribution < -0.4 is 0 Å². The summed E-state index contributed by atoms with van der Waals surface area (Å²) in [4.78, 5) is 55.0. The maximum absolute atomic E-state index is 5.88. The molecule has 0 saturated carbocycles. The summed E-state index contributed by atoms with van der Waals surface area (Å²) in [6.07, 6.45) is 2.61. The fourth-order valence-corrected chi connectivity index (χ4v) is 19.4. The van der Waals surface area contributed by atoms with E-state index in [0.29, 0.717) is 103 Å². The highest BCUT2D eigenvalue weighted by Crippen LogP contribution is 2.27. The third kappa shape index (κ3) is 50.1. The molecule has 0 aromatic heterocycles. The zero-order valence-corrected chi connectivity index (χ0v) is 97.7. The standard InChI is InChI=1S/C15H30N2O.5C10H22N2.4C9H20N2.C8H18N2/c1-12(2)17-9-8-16(7)14(10-17)11-18-13(3)15(4,5)6;4*1-8(2)12-6-9(3)11(5)10(4)7-12;1-5-10-8-12(9(2)3)7-6-11(10)4;1-8(2)11-6-5-10(4)9(3)7-11;1-8(2)11-6-5-10(4)7-9(11)3;1-9(2)11-6-4-5-10(3)7-8-11;1-4-10-5-7-11(8-6-10)9(2)3;1-8(2)10-6-4-9(3)5-7-10/h12,14H,3,8-11H2,1-2,4-7H3;4*8-10H,6-7H2,1-5H3;9-10H,5-8H2,1-4H3;2*8-9H,5-7H2,1-4H3;2*9H,4-8H2,1-3H3;8H,4-7H2,1-3H3/t;2*9-,10+;2*9-,10-;;;9-;;;/m...10..0.../s1. The van der Waals surface area contributed by atoms with Crippen LogP contribution >= 0.6 is 0 Å². The summed E-state index contributed by atoms with van der Waals surface area (Å²) in [6, 6.07) is 16.1. The molecule has 790 valence electrons. The van der Waals surface area contributed by atoms with E-state index in [4.69, 9.17) is 4.74 Å². The summed E-state index contributed by atoms with van der Waals surface area (Å²) in [5.74, 6) is 0.887. The van der Waals surface area contributed by atoms with Gasteiger partial charge in [0.1, 0.15) is 6.61 Å². The molecule has 0 amide bonds. The Kier molecular flexibility index (Phi) is 64.8. The molecule has 11 aliphatic heterocycles. The van der Waals surface area contributed by atoms with E-state index >= 15 is 0 Å². The number of ether oxygens (including phenoxy) is 1. The molecule has 11 fully saturated rings. The first-order chi connectivity index (χ1) is 61.3. The van der Waals surface area contributed by atoms with Gasteiger partial charge in [-0.2, -0.15) is 0 Å². The van der Waals surface area contributed by atoms with Gasteiger partial charge in [-0.25, -0.2) is 0 Å². The lowest BCUT2D eigenvalue weighted by molar-refractivity contribution is 0.0230. The minimum atomic E-state index is 0.0327. The smallest absolute Gasteiger partial charge is 0.104 e. The summed E-state index contributed by atoms with van der Waals surface area (Å²) in [7, 11) is 22.2. The molecule has 3 unspecified atom stereocenters. The van der Waals surface area contributed by atoms with Crippen molar-refractivity contribution in [2.75, 3.05) is 293 Å². The molecule has 0 aromatic rings. The molecule has 11 aliphatic rings. The lowest BCUT2D eigenvalue weighted by atomic mass is 9.95. The van der Waals surface area contributed by atoms with E-state index in [2.05, 4.69) is 441 Å². The quantitative estimate of drug-likeness (QED) is 0.137. The number of likely N-dealkylation sites (N-methyl/N-ethyl adjacent to an activating group) is 11. The highest BCUT2D eigenvalue weighted by Gasteiger charge is 2.34. The Bertz CT molecular complexity index is 2620. The molecular weight excluding hydrogens is 1630 g/mol. The number of rotatable bonds is 16. The summed E-state index contributed by atoms with van der Waals surface area (Å²) in [5.41, 5.74) is 0.0327. The Labute approximate surface area is 826 Å². The van der Waals surface area contributed by atoms with Crippen LogP contribution in [0.15, 0.2) is 12.3 Å². The van der Waals surface area contributed by atoms with Crippen molar-refractivity contribution in [3.05, 3.63) is 12.3 Å². The molecule has 11 rings (SSSR count). The van der Waals surface area contributed by atoms with E-state index in [0.717, 1.165) is 68.3 Å². The summed E-state index contributed by atoms with van der Waals surface area (Å²) in [5, 5.41) is 0. The topological polar surface area (TPSA) is 80.5 Å². The summed E-state index contributed by atoms with van der Waals surface area (Å²) < 4.78 is 5.88. The van der Waals surface area contributed by atoms with Crippen LogP contribution in [0, 0.1) is 5.41 Å². The van der Waals surface area contributed by atoms with E-state index < -0.39 is 0 Å². The van der Waals surface area contributed by atoms with Crippen LogP contribution in [0.2, 0.25) is 0 Å². The predicted molar refractivity (Wildman–Crippen MR) is 584 cm³/mol. The van der Waals surface area contributed by atoms with E-state index in [-0.39, 0.29) is 5.41 Å². The van der Waals surface area contributed by atoms with Gasteiger partial charge in [0.2, 0.25) is 0 Å².